The lowest BCUT2D eigenvalue weighted by Crippen LogP contribution is -2.38. The fourth-order valence-electron chi connectivity index (χ4n) is 2.47. The van der Waals surface area contributed by atoms with E-state index in [1.807, 2.05) is 19.2 Å². The number of nitrogens with zero attached hydrogens (tertiary/aromatic N) is 1. The van der Waals surface area contributed by atoms with Crippen LogP contribution in [0.4, 0.5) is 0 Å². The molecule has 1 fully saturated rings. The van der Waals surface area contributed by atoms with Gasteiger partial charge in [0.05, 0.1) is 5.02 Å². The zero-order valence-corrected chi connectivity index (χ0v) is 14.5. The van der Waals surface area contributed by atoms with Gasteiger partial charge in [0, 0.05) is 34.7 Å². The SMILES string of the molecule is CN(C(=O)c1sc2cc(Cl)ccc2c1Cl)C1CCNC1.Cl. The summed E-state index contributed by atoms with van der Waals surface area (Å²) in [5.41, 5.74) is 0. The molecule has 1 saturated heterocycles. The van der Waals surface area contributed by atoms with E-state index in [4.69, 9.17) is 23.2 Å². The zero-order chi connectivity index (χ0) is 14.3. The van der Waals surface area contributed by atoms with Gasteiger partial charge in [-0.05, 0) is 25.1 Å². The predicted octanol–water partition coefficient (Wildman–Crippen LogP) is 4.06. The molecule has 2 heterocycles. The summed E-state index contributed by atoms with van der Waals surface area (Å²) in [6.45, 7) is 1.80. The number of hydrogen-bond acceptors (Lipinski definition) is 3. The van der Waals surface area contributed by atoms with Crippen LogP contribution in [0.1, 0.15) is 16.1 Å². The second-order valence-electron chi connectivity index (χ2n) is 4.95. The minimum absolute atomic E-state index is 0. The fourth-order valence-corrected chi connectivity index (χ4v) is 4.24. The number of benzene rings is 1. The molecule has 1 amide bonds. The van der Waals surface area contributed by atoms with Crippen LogP contribution in [0.2, 0.25) is 10.0 Å². The molecule has 21 heavy (non-hydrogen) atoms. The first-order chi connectivity index (χ1) is 9.58. The number of amides is 1. The molecule has 1 aliphatic heterocycles. The van der Waals surface area contributed by atoms with Crippen LogP contribution in [-0.4, -0.2) is 37.0 Å². The van der Waals surface area contributed by atoms with Crippen molar-refractivity contribution in [2.75, 3.05) is 20.1 Å². The molecule has 2 aromatic rings. The summed E-state index contributed by atoms with van der Waals surface area (Å²) in [6.07, 6.45) is 0.983. The summed E-state index contributed by atoms with van der Waals surface area (Å²) in [5, 5.41) is 5.35. The van der Waals surface area contributed by atoms with Gasteiger partial charge in [-0.3, -0.25) is 4.79 Å². The van der Waals surface area contributed by atoms with E-state index in [1.54, 1.807) is 11.0 Å². The smallest absolute Gasteiger partial charge is 0.265 e. The number of rotatable bonds is 2. The van der Waals surface area contributed by atoms with E-state index >= 15 is 0 Å². The van der Waals surface area contributed by atoms with E-state index in [0.29, 0.717) is 14.9 Å². The summed E-state index contributed by atoms with van der Waals surface area (Å²) >= 11 is 13.8. The topological polar surface area (TPSA) is 32.3 Å². The van der Waals surface area contributed by atoms with Crippen LogP contribution < -0.4 is 5.32 Å². The summed E-state index contributed by atoms with van der Waals surface area (Å²) in [5.74, 6) is -0.0129. The molecule has 1 aromatic carbocycles. The summed E-state index contributed by atoms with van der Waals surface area (Å²) in [6, 6.07) is 5.75. The molecule has 0 radical (unpaired) electrons. The molecule has 1 N–H and O–H groups in total. The van der Waals surface area contributed by atoms with Crippen LogP contribution in [0.3, 0.4) is 0 Å². The van der Waals surface area contributed by atoms with Crippen molar-refractivity contribution in [2.45, 2.75) is 12.5 Å². The third-order valence-electron chi connectivity index (χ3n) is 3.69. The number of thiophene rings is 1. The predicted molar refractivity (Wildman–Crippen MR) is 92.5 cm³/mol. The fraction of sp³-hybridized carbons (Fsp3) is 0.357. The maximum absolute atomic E-state index is 12.6. The van der Waals surface area contributed by atoms with Crippen molar-refractivity contribution in [2.24, 2.45) is 0 Å². The second-order valence-corrected chi connectivity index (χ2v) is 6.81. The Hall–Kier alpha value is -0.520. The Labute approximate surface area is 143 Å². The van der Waals surface area contributed by atoms with E-state index in [2.05, 4.69) is 5.32 Å². The van der Waals surface area contributed by atoms with Crippen molar-refractivity contribution in [3.63, 3.8) is 0 Å². The Balaban J connectivity index is 0.00000161. The van der Waals surface area contributed by atoms with Crippen LogP contribution in [0.25, 0.3) is 10.1 Å². The molecule has 7 heteroatoms. The van der Waals surface area contributed by atoms with Gasteiger partial charge in [-0.1, -0.05) is 29.3 Å². The van der Waals surface area contributed by atoms with E-state index in [0.717, 1.165) is 29.6 Å². The van der Waals surface area contributed by atoms with Crippen molar-refractivity contribution in [1.29, 1.82) is 0 Å². The first-order valence-electron chi connectivity index (χ1n) is 6.43. The van der Waals surface area contributed by atoms with Crippen LogP contribution in [0, 0.1) is 0 Å². The van der Waals surface area contributed by atoms with Crippen LogP contribution >= 0.6 is 46.9 Å². The molecule has 1 aliphatic rings. The van der Waals surface area contributed by atoms with Crippen LogP contribution in [-0.2, 0) is 0 Å². The van der Waals surface area contributed by atoms with Crippen molar-refractivity contribution < 1.29 is 4.79 Å². The first-order valence-corrected chi connectivity index (χ1v) is 8.00. The minimum atomic E-state index is -0.0129. The van der Waals surface area contributed by atoms with Crippen LogP contribution in [0.15, 0.2) is 18.2 Å². The van der Waals surface area contributed by atoms with Gasteiger partial charge in [-0.15, -0.1) is 23.7 Å². The maximum Gasteiger partial charge on any atom is 0.265 e. The summed E-state index contributed by atoms with van der Waals surface area (Å²) in [7, 11) is 1.84. The molecular weight excluding hydrogens is 351 g/mol. The monoisotopic (exact) mass is 364 g/mol. The second kappa shape index (κ2) is 6.71. The number of hydrogen-bond donors (Lipinski definition) is 1. The van der Waals surface area contributed by atoms with Gasteiger partial charge < -0.3 is 10.2 Å². The molecule has 1 atom stereocenters. The highest BCUT2D eigenvalue weighted by molar-refractivity contribution is 7.21. The Morgan fingerprint density at radius 1 is 1.43 bits per heavy atom. The van der Waals surface area contributed by atoms with E-state index < -0.39 is 0 Å². The van der Waals surface area contributed by atoms with E-state index in [9.17, 15) is 4.79 Å². The quantitative estimate of drug-likeness (QED) is 0.870. The molecule has 0 bridgehead atoms. The molecule has 114 valence electrons. The Bertz CT molecular complexity index is 668. The normalized spacial score (nSPS) is 17.8. The number of likely N-dealkylation sites (N-methyl/N-ethyl adjacent to an activating group) is 1. The number of halogens is 3. The third-order valence-corrected chi connectivity index (χ3v) is 5.57. The Morgan fingerprint density at radius 2 is 2.19 bits per heavy atom. The zero-order valence-electron chi connectivity index (χ0n) is 11.4. The lowest BCUT2D eigenvalue weighted by atomic mass is 10.2. The van der Waals surface area contributed by atoms with Crippen molar-refractivity contribution in [3.8, 4) is 0 Å². The van der Waals surface area contributed by atoms with Gasteiger partial charge in [0.15, 0.2) is 0 Å². The largest absolute Gasteiger partial charge is 0.337 e. The van der Waals surface area contributed by atoms with Gasteiger partial charge in [-0.2, -0.15) is 0 Å². The van der Waals surface area contributed by atoms with E-state index in [1.165, 1.54) is 11.3 Å². The molecule has 0 aliphatic carbocycles. The summed E-state index contributed by atoms with van der Waals surface area (Å²) in [4.78, 5) is 15.0. The minimum Gasteiger partial charge on any atom is -0.337 e. The number of fused-ring (bicyclic) bond motifs is 1. The van der Waals surface area contributed by atoms with Gasteiger partial charge >= 0.3 is 0 Å². The number of carbonyl (C=O) groups is 1. The Morgan fingerprint density at radius 3 is 2.86 bits per heavy atom. The average molecular weight is 366 g/mol. The highest BCUT2D eigenvalue weighted by Crippen LogP contribution is 2.37. The molecule has 3 rings (SSSR count). The highest BCUT2D eigenvalue weighted by atomic mass is 35.5. The van der Waals surface area contributed by atoms with Crippen molar-refractivity contribution in [1.82, 2.24) is 10.2 Å². The Kier molecular flexibility index (Phi) is 5.38. The standard InChI is InChI=1S/C14H14Cl2N2OS.ClH/c1-18(9-4-5-17-7-9)14(19)13-12(16)10-3-2-8(15)6-11(10)20-13;/h2-3,6,9,17H,4-5,7H2,1H3;1H. The molecule has 1 unspecified atom stereocenters. The lowest BCUT2D eigenvalue weighted by Gasteiger charge is -2.23. The average Bonchev–Trinajstić information content (AvgIpc) is 3.05. The van der Waals surface area contributed by atoms with Crippen molar-refractivity contribution >= 4 is 62.9 Å². The molecule has 0 spiro atoms. The van der Waals surface area contributed by atoms with Gasteiger partial charge in [-0.25, -0.2) is 0 Å². The molecule has 3 nitrogen and oxygen atoms in total. The van der Waals surface area contributed by atoms with Gasteiger partial charge in [0.25, 0.3) is 5.91 Å². The van der Waals surface area contributed by atoms with E-state index in [-0.39, 0.29) is 24.4 Å². The van der Waals surface area contributed by atoms with Gasteiger partial charge in [0.2, 0.25) is 0 Å². The lowest BCUT2D eigenvalue weighted by molar-refractivity contribution is 0.0749. The van der Waals surface area contributed by atoms with Gasteiger partial charge in [0.1, 0.15) is 4.88 Å². The third kappa shape index (κ3) is 3.15. The van der Waals surface area contributed by atoms with Crippen molar-refractivity contribution in [3.05, 3.63) is 33.1 Å². The first kappa shape index (κ1) is 16.8. The number of nitrogens with one attached hydrogen (secondary N) is 1. The highest BCUT2D eigenvalue weighted by Gasteiger charge is 2.27. The molecular formula is C14H15Cl3N2OS. The maximum atomic E-state index is 12.6. The number of carbonyl (C=O) groups excluding carboxylic acids is 1. The molecule has 0 saturated carbocycles. The van der Waals surface area contributed by atoms with Crippen LogP contribution in [0.5, 0.6) is 0 Å². The molecule has 1 aromatic heterocycles. The summed E-state index contributed by atoms with van der Waals surface area (Å²) < 4.78 is 0.948.